The molecular formula is C33H29Cl2F3N6O3. The summed E-state index contributed by atoms with van der Waals surface area (Å²) in [5, 5.41) is 1.81. The van der Waals surface area contributed by atoms with E-state index in [0.29, 0.717) is 11.3 Å². The molecule has 0 bridgehead atoms. The number of pyridine rings is 2. The second kappa shape index (κ2) is 11.6. The third-order valence-corrected chi connectivity index (χ3v) is 9.33. The zero-order chi connectivity index (χ0) is 34.2. The van der Waals surface area contributed by atoms with Crippen LogP contribution in [0.15, 0.2) is 41.8 Å². The molecule has 244 valence electrons. The third-order valence-electron chi connectivity index (χ3n) is 8.74. The Bertz CT molecular complexity index is 2090. The second-order valence-corrected chi connectivity index (χ2v) is 12.8. The van der Waals surface area contributed by atoms with Crippen LogP contribution in [0, 0.1) is 24.4 Å². The maximum Gasteiger partial charge on any atom is 0.281 e. The van der Waals surface area contributed by atoms with Crippen molar-refractivity contribution in [3.05, 3.63) is 86.2 Å². The molecule has 2 amide bonds. The van der Waals surface area contributed by atoms with E-state index < -0.39 is 74.3 Å². The van der Waals surface area contributed by atoms with E-state index in [0.717, 1.165) is 22.8 Å². The smallest absolute Gasteiger partial charge is 0.281 e. The molecule has 47 heavy (non-hydrogen) atoms. The van der Waals surface area contributed by atoms with Crippen molar-refractivity contribution in [3.63, 3.8) is 0 Å². The van der Waals surface area contributed by atoms with Crippen molar-refractivity contribution < 1.29 is 22.8 Å². The summed E-state index contributed by atoms with van der Waals surface area (Å²) in [5.41, 5.74) is 3.77. The van der Waals surface area contributed by atoms with Gasteiger partial charge in [-0.3, -0.25) is 23.9 Å². The predicted octanol–water partition coefficient (Wildman–Crippen LogP) is 6.33. The van der Waals surface area contributed by atoms with Crippen molar-refractivity contribution in [1.29, 1.82) is 0 Å². The summed E-state index contributed by atoms with van der Waals surface area (Å²) in [6.07, 6.45) is 2.68. The fraction of sp³-hybridized carbons (Fsp3) is 0.273. The average molecular weight is 686 g/mol. The molecule has 14 heteroatoms. The molecule has 1 saturated heterocycles. The van der Waals surface area contributed by atoms with Gasteiger partial charge in [0, 0.05) is 29.7 Å². The van der Waals surface area contributed by atoms with Crippen molar-refractivity contribution in [2.24, 2.45) is 0 Å². The van der Waals surface area contributed by atoms with Crippen LogP contribution in [0.4, 0.5) is 30.2 Å². The van der Waals surface area contributed by atoms with E-state index in [1.807, 2.05) is 13.8 Å². The van der Waals surface area contributed by atoms with Gasteiger partial charge in [-0.05, 0) is 49.6 Å². The first-order valence-corrected chi connectivity index (χ1v) is 15.5. The molecule has 3 N–H and O–H groups in total. The number of amides is 2. The summed E-state index contributed by atoms with van der Waals surface area (Å²) >= 11 is 12.2. The van der Waals surface area contributed by atoms with Gasteiger partial charge in [0.15, 0.2) is 11.6 Å². The van der Waals surface area contributed by atoms with Crippen LogP contribution in [0.5, 0.6) is 0 Å². The van der Waals surface area contributed by atoms with Crippen molar-refractivity contribution in [1.82, 2.24) is 14.5 Å². The second-order valence-electron chi connectivity index (χ2n) is 12.0. The largest absolute Gasteiger partial charge is 0.397 e. The first kappa shape index (κ1) is 32.4. The molecule has 4 heterocycles. The molecule has 0 radical (unpaired) electrons. The number of piperazine rings is 1. The molecule has 6 rings (SSSR count). The Morgan fingerprint density at radius 1 is 1.11 bits per heavy atom. The van der Waals surface area contributed by atoms with E-state index in [2.05, 4.69) is 16.9 Å². The number of carbonyl (C=O) groups is 2. The average Bonchev–Trinajstić information content (AvgIpc) is 3.01. The SMILES string of the molecule is C=CC(=O)N1CC2C(=O)Nc3c(c4cc(F)c(-c5c(N)c(Cl)cc(Cl)c5F)c(F)c4n(-c4c(C)ccnc4C(C)C)c3=O)N2CC1C. The normalized spacial score (nSPS) is 17.5. The monoisotopic (exact) mass is 684 g/mol. The summed E-state index contributed by atoms with van der Waals surface area (Å²) in [7, 11) is 0. The Labute approximate surface area is 277 Å². The molecular weight excluding hydrogens is 656 g/mol. The maximum absolute atomic E-state index is 17.3. The van der Waals surface area contributed by atoms with Gasteiger partial charge in [-0.2, -0.15) is 0 Å². The maximum atomic E-state index is 17.3. The number of halogens is 5. The number of benzene rings is 2. The number of anilines is 3. The molecule has 2 aromatic heterocycles. The van der Waals surface area contributed by atoms with Crippen molar-refractivity contribution in [2.45, 2.75) is 45.7 Å². The highest BCUT2D eigenvalue weighted by Gasteiger charge is 2.44. The van der Waals surface area contributed by atoms with Gasteiger partial charge in [0.05, 0.1) is 50.4 Å². The van der Waals surface area contributed by atoms with E-state index in [4.69, 9.17) is 28.9 Å². The summed E-state index contributed by atoms with van der Waals surface area (Å²) in [6.45, 7) is 10.6. The zero-order valence-electron chi connectivity index (χ0n) is 25.7. The molecule has 1 fully saturated rings. The Kier molecular flexibility index (Phi) is 8.00. The number of nitrogens with one attached hydrogen (secondary N) is 1. The van der Waals surface area contributed by atoms with Crippen LogP contribution in [-0.4, -0.2) is 51.4 Å². The molecule has 2 aliphatic heterocycles. The van der Waals surface area contributed by atoms with Gasteiger partial charge in [0.1, 0.15) is 17.5 Å². The topological polar surface area (TPSA) is 114 Å². The van der Waals surface area contributed by atoms with Crippen LogP contribution < -0.4 is 21.5 Å². The molecule has 0 spiro atoms. The Morgan fingerprint density at radius 3 is 2.47 bits per heavy atom. The van der Waals surface area contributed by atoms with Gasteiger partial charge in [0.25, 0.3) is 5.56 Å². The lowest BCUT2D eigenvalue weighted by Crippen LogP contribution is -2.64. The molecule has 9 nitrogen and oxygen atoms in total. The number of fused-ring (bicyclic) bond motifs is 5. The van der Waals surface area contributed by atoms with Gasteiger partial charge >= 0.3 is 0 Å². The highest BCUT2D eigenvalue weighted by molar-refractivity contribution is 6.37. The molecule has 0 aliphatic carbocycles. The third kappa shape index (κ3) is 4.84. The molecule has 0 saturated carbocycles. The van der Waals surface area contributed by atoms with Gasteiger partial charge < -0.3 is 20.9 Å². The van der Waals surface area contributed by atoms with Crippen molar-refractivity contribution in [3.8, 4) is 16.8 Å². The number of rotatable bonds is 4. The number of carbonyl (C=O) groups excluding carboxylic acids is 2. The standard InChI is InChI=1S/C33H29Cl2F3N6O3/c1-6-21(45)42-12-20-32(46)41-28-31(43(20)11-15(42)5)16-9-19(36)22(23-24(37)17(34)10-18(35)26(23)39)25(38)30(16)44(33(28)47)29-14(4)7-8-40-27(29)13(2)3/h6-10,13,15,20H,1,11-12,39H2,2-5H3,(H,41,46). The molecule has 2 atom stereocenters. The fourth-order valence-corrected chi connectivity index (χ4v) is 6.99. The lowest BCUT2D eigenvalue weighted by atomic mass is 9.95. The summed E-state index contributed by atoms with van der Waals surface area (Å²) in [5.74, 6) is -4.99. The Balaban J connectivity index is 1.79. The Morgan fingerprint density at radius 2 is 1.81 bits per heavy atom. The van der Waals surface area contributed by atoms with Crippen LogP contribution in [0.1, 0.15) is 37.9 Å². The minimum absolute atomic E-state index is 0.0445. The molecule has 4 aromatic rings. The lowest BCUT2D eigenvalue weighted by molar-refractivity contribution is -0.130. The lowest BCUT2D eigenvalue weighted by Gasteiger charge is -2.48. The van der Waals surface area contributed by atoms with Crippen LogP contribution in [0.2, 0.25) is 10.0 Å². The quantitative estimate of drug-likeness (QED) is 0.148. The van der Waals surface area contributed by atoms with Crippen LogP contribution >= 0.6 is 23.2 Å². The minimum atomic E-state index is -1.32. The minimum Gasteiger partial charge on any atom is -0.397 e. The van der Waals surface area contributed by atoms with Crippen LogP contribution in [-0.2, 0) is 9.59 Å². The number of nitrogen functional groups attached to an aromatic ring is 1. The van der Waals surface area contributed by atoms with Crippen molar-refractivity contribution >= 4 is 63.0 Å². The highest BCUT2D eigenvalue weighted by atomic mass is 35.5. The van der Waals surface area contributed by atoms with Gasteiger partial charge in [-0.25, -0.2) is 13.2 Å². The number of hydrogen-bond donors (Lipinski definition) is 2. The van der Waals surface area contributed by atoms with E-state index in [-0.39, 0.29) is 46.5 Å². The van der Waals surface area contributed by atoms with Crippen LogP contribution in [0.3, 0.4) is 0 Å². The number of nitrogens with zero attached hydrogens (tertiary/aromatic N) is 4. The van der Waals surface area contributed by atoms with E-state index in [1.54, 1.807) is 31.0 Å². The zero-order valence-corrected chi connectivity index (χ0v) is 27.2. The van der Waals surface area contributed by atoms with E-state index in [9.17, 15) is 14.4 Å². The highest BCUT2D eigenvalue weighted by Crippen LogP contribution is 2.46. The molecule has 2 aromatic carbocycles. The molecule has 2 unspecified atom stereocenters. The van der Waals surface area contributed by atoms with E-state index in [1.165, 1.54) is 4.90 Å². The summed E-state index contributed by atoms with van der Waals surface area (Å²) < 4.78 is 50.2. The van der Waals surface area contributed by atoms with Gasteiger partial charge in [-0.1, -0.05) is 43.6 Å². The first-order valence-electron chi connectivity index (χ1n) is 14.7. The van der Waals surface area contributed by atoms with Gasteiger partial charge in [-0.15, -0.1) is 0 Å². The number of hydrogen-bond acceptors (Lipinski definition) is 6. The fourth-order valence-electron chi connectivity index (χ4n) is 6.53. The van der Waals surface area contributed by atoms with Gasteiger partial charge in [0.2, 0.25) is 11.8 Å². The summed E-state index contributed by atoms with van der Waals surface area (Å²) in [6, 6.07) is 2.14. The first-order chi connectivity index (χ1) is 22.2. The number of aromatic nitrogens is 2. The Hall–Kier alpha value is -4.55. The van der Waals surface area contributed by atoms with Crippen molar-refractivity contribution in [2.75, 3.05) is 29.0 Å². The predicted molar refractivity (Wildman–Crippen MR) is 177 cm³/mol. The van der Waals surface area contributed by atoms with Crippen LogP contribution in [0.25, 0.3) is 27.7 Å². The summed E-state index contributed by atoms with van der Waals surface area (Å²) in [4.78, 5) is 48.2. The molecule has 2 aliphatic rings. The number of nitrogens with two attached hydrogens (primary N) is 1. The van der Waals surface area contributed by atoms with E-state index >= 15 is 13.2 Å². The number of aryl methyl sites for hydroxylation is 1.